The third-order valence-corrected chi connectivity index (χ3v) is 3.86. The summed E-state index contributed by atoms with van der Waals surface area (Å²) in [5.41, 5.74) is 1.15. The summed E-state index contributed by atoms with van der Waals surface area (Å²) in [7, 11) is 2.12. The summed E-state index contributed by atoms with van der Waals surface area (Å²) in [6.07, 6.45) is 1.90. The summed E-state index contributed by atoms with van der Waals surface area (Å²) in [5, 5.41) is 11.6. The number of likely N-dealkylation sites (N-methyl/N-ethyl adjacent to an activating group) is 1. The van der Waals surface area contributed by atoms with E-state index in [4.69, 9.17) is 5.11 Å². The second-order valence-electron chi connectivity index (χ2n) is 4.31. The van der Waals surface area contributed by atoms with Crippen molar-refractivity contribution in [3.05, 3.63) is 16.1 Å². The Bertz CT molecular complexity index is 378. The molecule has 0 spiro atoms. The first-order valence-corrected chi connectivity index (χ1v) is 6.38. The molecule has 88 valence electrons. The van der Waals surface area contributed by atoms with Crippen LogP contribution < -0.4 is 0 Å². The van der Waals surface area contributed by atoms with Crippen LogP contribution in [0.2, 0.25) is 0 Å². The highest BCUT2D eigenvalue weighted by Gasteiger charge is 2.23. The van der Waals surface area contributed by atoms with Gasteiger partial charge in [-0.05, 0) is 20.0 Å². The molecule has 1 aromatic heterocycles. The molecule has 0 saturated carbocycles. The standard InChI is InChI=1S/C11H16N2O2S/c1-13-5-4-8(6-13)9-7-16-10(12-9)2-3-11(14)15/h7-8H,2-6H2,1H3,(H,14,15). The van der Waals surface area contributed by atoms with Crippen molar-refractivity contribution in [1.29, 1.82) is 0 Å². The van der Waals surface area contributed by atoms with Crippen LogP contribution >= 0.6 is 11.3 Å². The lowest BCUT2D eigenvalue weighted by Gasteiger charge is -2.06. The molecule has 1 aliphatic heterocycles. The maximum absolute atomic E-state index is 10.4. The number of likely N-dealkylation sites (tertiary alicyclic amines) is 1. The van der Waals surface area contributed by atoms with Crippen molar-refractivity contribution >= 4 is 17.3 Å². The molecule has 1 fully saturated rings. The molecule has 0 aliphatic carbocycles. The van der Waals surface area contributed by atoms with Crippen molar-refractivity contribution < 1.29 is 9.90 Å². The van der Waals surface area contributed by atoms with Crippen LogP contribution in [0.5, 0.6) is 0 Å². The van der Waals surface area contributed by atoms with E-state index in [0.29, 0.717) is 12.3 Å². The number of carboxylic acid groups (broad SMARTS) is 1. The number of nitrogens with zero attached hydrogens (tertiary/aromatic N) is 2. The van der Waals surface area contributed by atoms with E-state index in [1.807, 2.05) is 0 Å². The van der Waals surface area contributed by atoms with E-state index in [9.17, 15) is 4.79 Å². The molecule has 1 atom stereocenters. The molecule has 0 bridgehead atoms. The summed E-state index contributed by atoms with van der Waals surface area (Å²) in [4.78, 5) is 17.3. The molecular formula is C11H16N2O2S. The van der Waals surface area contributed by atoms with Crippen molar-refractivity contribution in [1.82, 2.24) is 9.88 Å². The predicted octanol–water partition coefficient (Wildman–Crippen LogP) is 1.58. The number of aromatic nitrogens is 1. The van der Waals surface area contributed by atoms with Gasteiger partial charge in [-0.25, -0.2) is 4.98 Å². The molecule has 1 aromatic rings. The van der Waals surface area contributed by atoms with Crippen molar-refractivity contribution in [2.75, 3.05) is 20.1 Å². The second-order valence-corrected chi connectivity index (χ2v) is 5.25. The number of carbonyl (C=O) groups is 1. The first-order chi connectivity index (χ1) is 7.65. The average Bonchev–Trinajstić information content (AvgIpc) is 2.83. The quantitative estimate of drug-likeness (QED) is 0.868. The van der Waals surface area contributed by atoms with Gasteiger partial charge in [0.1, 0.15) is 0 Å². The molecular weight excluding hydrogens is 224 g/mol. The van der Waals surface area contributed by atoms with E-state index in [2.05, 4.69) is 22.3 Å². The number of thiazole rings is 1. The van der Waals surface area contributed by atoms with Crippen molar-refractivity contribution in [2.24, 2.45) is 0 Å². The maximum Gasteiger partial charge on any atom is 0.303 e. The van der Waals surface area contributed by atoms with Gasteiger partial charge in [0.2, 0.25) is 0 Å². The van der Waals surface area contributed by atoms with Crippen LogP contribution in [0.1, 0.15) is 29.5 Å². The van der Waals surface area contributed by atoms with Crippen LogP contribution in [0, 0.1) is 0 Å². The largest absolute Gasteiger partial charge is 0.481 e. The topological polar surface area (TPSA) is 53.4 Å². The average molecular weight is 240 g/mol. The molecule has 5 heteroatoms. The van der Waals surface area contributed by atoms with Gasteiger partial charge in [-0.3, -0.25) is 4.79 Å². The number of rotatable bonds is 4. The molecule has 1 N–H and O–H groups in total. The van der Waals surface area contributed by atoms with Gasteiger partial charge in [0.15, 0.2) is 0 Å². The first kappa shape index (κ1) is 11.5. The van der Waals surface area contributed by atoms with Crippen LogP contribution in [0.4, 0.5) is 0 Å². The Morgan fingerprint density at radius 3 is 3.19 bits per heavy atom. The highest BCUT2D eigenvalue weighted by atomic mass is 32.1. The van der Waals surface area contributed by atoms with E-state index in [-0.39, 0.29) is 6.42 Å². The van der Waals surface area contributed by atoms with Crippen LogP contribution in [-0.4, -0.2) is 41.1 Å². The molecule has 4 nitrogen and oxygen atoms in total. The normalized spacial score (nSPS) is 21.4. The summed E-state index contributed by atoms with van der Waals surface area (Å²) < 4.78 is 0. The van der Waals surface area contributed by atoms with E-state index in [1.54, 1.807) is 11.3 Å². The Balaban J connectivity index is 1.94. The fourth-order valence-electron chi connectivity index (χ4n) is 2.02. The summed E-state index contributed by atoms with van der Waals surface area (Å²) in [6.45, 7) is 2.20. The minimum atomic E-state index is -0.752. The lowest BCUT2D eigenvalue weighted by atomic mass is 10.1. The molecule has 2 rings (SSSR count). The Kier molecular flexibility index (Phi) is 3.56. The zero-order valence-corrected chi connectivity index (χ0v) is 10.2. The summed E-state index contributed by atoms with van der Waals surface area (Å²) in [5.74, 6) is -0.211. The number of aliphatic carboxylic acids is 1. The lowest BCUT2D eigenvalue weighted by molar-refractivity contribution is -0.136. The van der Waals surface area contributed by atoms with Gasteiger partial charge in [-0.1, -0.05) is 0 Å². The number of hydrogen-bond acceptors (Lipinski definition) is 4. The molecule has 0 amide bonds. The van der Waals surface area contributed by atoms with Crippen molar-refractivity contribution in [2.45, 2.75) is 25.2 Å². The van der Waals surface area contributed by atoms with Gasteiger partial charge in [-0.15, -0.1) is 11.3 Å². The van der Waals surface area contributed by atoms with Crippen LogP contribution in [0.25, 0.3) is 0 Å². The van der Waals surface area contributed by atoms with E-state index < -0.39 is 5.97 Å². The Morgan fingerprint density at radius 1 is 1.75 bits per heavy atom. The van der Waals surface area contributed by atoms with Crippen LogP contribution in [0.15, 0.2) is 5.38 Å². The molecule has 1 aliphatic rings. The van der Waals surface area contributed by atoms with Crippen molar-refractivity contribution in [3.8, 4) is 0 Å². The van der Waals surface area contributed by atoms with Gasteiger partial charge in [-0.2, -0.15) is 0 Å². The second kappa shape index (κ2) is 4.93. The van der Waals surface area contributed by atoms with Crippen LogP contribution in [0.3, 0.4) is 0 Å². The maximum atomic E-state index is 10.4. The van der Waals surface area contributed by atoms with Crippen LogP contribution in [-0.2, 0) is 11.2 Å². The van der Waals surface area contributed by atoms with Gasteiger partial charge in [0.05, 0.1) is 17.1 Å². The highest BCUT2D eigenvalue weighted by Crippen LogP contribution is 2.27. The number of aryl methyl sites for hydroxylation is 1. The predicted molar refractivity (Wildman–Crippen MR) is 62.9 cm³/mol. The molecule has 0 radical (unpaired) electrons. The number of hydrogen-bond donors (Lipinski definition) is 1. The Morgan fingerprint density at radius 2 is 2.56 bits per heavy atom. The fourth-order valence-corrected chi connectivity index (χ4v) is 2.90. The zero-order chi connectivity index (χ0) is 11.5. The zero-order valence-electron chi connectivity index (χ0n) is 9.35. The third-order valence-electron chi connectivity index (χ3n) is 2.93. The Labute approximate surface area is 98.9 Å². The number of carboxylic acids is 1. The third kappa shape index (κ3) is 2.80. The fraction of sp³-hybridized carbons (Fsp3) is 0.636. The minimum Gasteiger partial charge on any atom is -0.481 e. The van der Waals surface area contributed by atoms with Gasteiger partial charge >= 0.3 is 5.97 Å². The van der Waals surface area contributed by atoms with Gasteiger partial charge < -0.3 is 10.0 Å². The molecule has 0 aromatic carbocycles. The lowest BCUT2D eigenvalue weighted by Crippen LogP contribution is -2.13. The smallest absolute Gasteiger partial charge is 0.303 e. The molecule has 1 saturated heterocycles. The van der Waals surface area contributed by atoms with E-state index in [0.717, 1.165) is 23.8 Å². The highest BCUT2D eigenvalue weighted by molar-refractivity contribution is 7.09. The van der Waals surface area contributed by atoms with E-state index in [1.165, 1.54) is 6.42 Å². The van der Waals surface area contributed by atoms with Gasteiger partial charge in [0.25, 0.3) is 0 Å². The SMILES string of the molecule is CN1CCC(c2csc(CCC(=O)O)n2)C1. The molecule has 16 heavy (non-hydrogen) atoms. The summed E-state index contributed by atoms with van der Waals surface area (Å²) >= 11 is 1.59. The Hall–Kier alpha value is -0.940. The minimum absolute atomic E-state index is 0.178. The first-order valence-electron chi connectivity index (χ1n) is 5.50. The monoisotopic (exact) mass is 240 g/mol. The molecule has 2 heterocycles. The van der Waals surface area contributed by atoms with E-state index >= 15 is 0 Å². The van der Waals surface area contributed by atoms with Crippen molar-refractivity contribution in [3.63, 3.8) is 0 Å². The summed E-state index contributed by atoms with van der Waals surface area (Å²) in [6, 6.07) is 0. The van der Waals surface area contributed by atoms with Gasteiger partial charge in [0, 0.05) is 24.3 Å². The molecule has 1 unspecified atom stereocenters.